The zero-order chi connectivity index (χ0) is 12.9. The van der Waals surface area contributed by atoms with Crippen molar-refractivity contribution in [3.63, 3.8) is 0 Å². The fraction of sp³-hybridized carbons (Fsp3) is 0.818. The molecule has 0 radical (unpaired) electrons. The van der Waals surface area contributed by atoms with E-state index in [0.717, 1.165) is 0 Å². The molecule has 1 aliphatic rings. The fourth-order valence-electron chi connectivity index (χ4n) is 1.50. The SMILES string of the molecule is CC(C)(C)OC(=O)NCCNC1CNC(=O)C1. The van der Waals surface area contributed by atoms with Gasteiger partial charge in [-0.15, -0.1) is 0 Å². The topological polar surface area (TPSA) is 79.5 Å². The summed E-state index contributed by atoms with van der Waals surface area (Å²) < 4.78 is 5.08. The predicted octanol–water partition coefficient (Wildman–Crippen LogP) is -0.0108. The fourth-order valence-corrected chi connectivity index (χ4v) is 1.50. The summed E-state index contributed by atoms with van der Waals surface area (Å²) in [7, 11) is 0. The minimum atomic E-state index is -0.473. The van der Waals surface area contributed by atoms with Crippen molar-refractivity contribution in [2.75, 3.05) is 19.6 Å². The van der Waals surface area contributed by atoms with Gasteiger partial charge in [0.05, 0.1) is 0 Å². The first kappa shape index (κ1) is 13.8. The highest BCUT2D eigenvalue weighted by atomic mass is 16.6. The summed E-state index contributed by atoms with van der Waals surface area (Å²) in [6.45, 7) is 7.23. The van der Waals surface area contributed by atoms with Crippen molar-refractivity contribution in [2.24, 2.45) is 0 Å². The van der Waals surface area contributed by atoms with Gasteiger partial charge in [0, 0.05) is 32.1 Å². The van der Waals surface area contributed by atoms with Gasteiger partial charge in [0.15, 0.2) is 0 Å². The van der Waals surface area contributed by atoms with Gasteiger partial charge in [-0.3, -0.25) is 4.79 Å². The van der Waals surface area contributed by atoms with Crippen molar-refractivity contribution in [3.8, 4) is 0 Å². The van der Waals surface area contributed by atoms with Crippen LogP contribution in [0.4, 0.5) is 4.79 Å². The molecule has 0 aromatic carbocycles. The van der Waals surface area contributed by atoms with Gasteiger partial charge < -0.3 is 20.7 Å². The first-order chi connectivity index (χ1) is 7.87. The molecule has 0 spiro atoms. The Morgan fingerprint density at radius 2 is 2.18 bits per heavy atom. The first-order valence-electron chi connectivity index (χ1n) is 5.84. The van der Waals surface area contributed by atoms with Crippen LogP contribution in [-0.2, 0) is 9.53 Å². The van der Waals surface area contributed by atoms with E-state index in [9.17, 15) is 9.59 Å². The van der Waals surface area contributed by atoms with E-state index < -0.39 is 11.7 Å². The minimum absolute atomic E-state index is 0.0719. The van der Waals surface area contributed by atoms with Crippen LogP contribution in [0.5, 0.6) is 0 Å². The van der Waals surface area contributed by atoms with Crippen LogP contribution in [0.25, 0.3) is 0 Å². The van der Waals surface area contributed by atoms with Gasteiger partial charge in [-0.1, -0.05) is 0 Å². The van der Waals surface area contributed by atoms with Crippen LogP contribution in [-0.4, -0.2) is 43.3 Å². The quantitative estimate of drug-likeness (QED) is 0.607. The van der Waals surface area contributed by atoms with E-state index in [1.165, 1.54) is 0 Å². The number of hydrogen-bond acceptors (Lipinski definition) is 4. The molecule has 6 nitrogen and oxygen atoms in total. The van der Waals surface area contributed by atoms with Gasteiger partial charge in [-0.2, -0.15) is 0 Å². The Balaban J connectivity index is 2.04. The highest BCUT2D eigenvalue weighted by molar-refractivity contribution is 5.78. The van der Waals surface area contributed by atoms with Crippen LogP contribution in [0.3, 0.4) is 0 Å². The predicted molar refractivity (Wildman–Crippen MR) is 63.7 cm³/mol. The van der Waals surface area contributed by atoms with Crippen molar-refractivity contribution < 1.29 is 14.3 Å². The maximum atomic E-state index is 11.3. The Bertz CT molecular complexity index is 286. The van der Waals surface area contributed by atoms with Crippen molar-refractivity contribution in [2.45, 2.75) is 38.8 Å². The van der Waals surface area contributed by atoms with E-state index in [-0.39, 0.29) is 11.9 Å². The molecule has 0 aromatic rings. The smallest absolute Gasteiger partial charge is 0.407 e. The van der Waals surface area contributed by atoms with E-state index in [2.05, 4.69) is 16.0 Å². The first-order valence-corrected chi connectivity index (χ1v) is 5.84. The third kappa shape index (κ3) is 6.11. The highest BCUT2D eigenvalue weighted by Gasteiger charge is 2.20. The lowest BCUT2D eigenvalue weighted by Crippen LogP contribution is -2.39. The van der Waals surface area contributed by atoms with Crippen molar-refractivity contribution >= 4 is 12.0 Å². The lowest BCUT2D eigenvalue weighted by Gasteiger charge is -2.20. The zero-order valence-corrected chi connectivity index (χ0v) is 10.6. The molecule has 3 N–H and O–H groups in total. The number of carbonyl (C=O) groups is 2. The van der Waals surface area contributed by atoms with Gasteiger partial charge in [-0.25, -0.2) is 4.79 Å². The van der Waals surface area contributed by atoms with Crippen LogP contribution in [0, 0.1) is 0 Å². The Labute approximate surface area is 101 Å². The second-order valence-electron chi connectivity index (χ2n) is 5.09. The number of ether oxygens (including phenoxy) is 1. The number of carbonyl (C=O) groups excluding carboxylic acids is 2. The third-order valence-electron chi connectivity index (χ3n) is 2.20. The molecule has 0 aromatic heterocycles. The number of amides is 2. The number of nitrogens with one attached hydrogen (secondary N) is 3. The van der Waals surface area contributed by atoms with Crippen LogP contribution in [0.1, 0.15) is 27.2 Å². The Morgan fingerprint density at radius 3 is 2.71 bits per heavy atom. The van der Waals surface area contributed by atoms with Crippen molar-refractivity contribution in [1.82, 2.24) is 16.0 Å². The minimum Gasteiger partial charge on any atom is -0.444 e. The van der Waals surface area contributed by atoms with Crippen LogP contribution in [0.15, 0.2) is 0 Å². The monoisotopic (exact) mass is 243 g/mol. The van der Waals surface area contributed by atoms with E-state index in [1.807, 2.05) is 20.8 Å². The molecular formula is C11H21N3O3. The van der Waals surface area contributed by atoms with Gasteiger partial charge in [0.1, 0.15) is 5.60 Å². The summed E-state index contributed by atoms with van der Waals surface area (Å²) >= 11 is 0. The molecule has 1 aliphatic heterocycles. The van der Waals surface area contributed by atoms with Crippen LogP contribution >= 0.6 is 0 Å². The molecule has 1 fully saturated rings. The summed E-state index contributed by atoms with van der Waals surface area (Å²) in [6, 6.07) is 0.169. The number of hydrogen-bond donors (Lipinski definition) is 3. The number of alkyl carbamates (subject to hydrolysis) is 1. The van der Waals surface area contributed by atoms with E-state index in [4.69, 9.17) is 4.74 Å². The highest BCUT2D eigenvalue weighted by Crippen LogP contribution is 2.06. The van der Waals surface area contributed by atoms with Crippen molar-refractivity contribution in [3.05, 3.63) is 0 Å². The van der Waals surface area contributed by atoms with E-state index in [1.54, 1.807) is 0 Å². The largest absolute Gasteiger partial charge is 0.444 e. The molecule has 6 heteroatoms. The molecule has 1 unspecified atom stereocenters. The lowest BCUT2D eigenvalue weighted by atomic mass is 10.2. The molecule has 2 amide bonds. The van der Waals surface area contributed by atoms with Gasteiger partial charge in [0.25, 0.3) is 0 Å². The van der Waals surface area contributed by atoms with Gasteiger partial charge in [0.2, 0.25) is 5.91 Å². The molecule has 1 heterocycles. The summed E-state index contributed by atoms with van der Waals surface area (Å²) in [4.78, 5) is 22.2. The molecule has 0 aliphatic carbocycles. The summed E-state index contributed by atoms with van der Waals surface area (Å²) in [5, 5.41) is 8.56. The summed E-state index contributed by atoms with van der Waals surface area (Å²) in [5.74, 6) is 0.0719. The molecule has 17 heavy (non-hydrogen) atoms. The Kier molecular flexibility index (Phi) is 4.74. The molecule has 1 atom stereocenters. The van der Waals surface area contributed by atoms with Gasteiger partial charge in [-0.05, 0) is 20.8 Å². The van der Waals surface area contributed by atoms with Crippen LogP contribution < -0.4 is 16.0 Å². The standard InChI is InChI=1S/C11H21N3O3/c1-11(2,3)17-10(16)13-5-4-12-8-6-9(15)14-7-8/h8,12H,4-7H2,1-3H3,(H,13,16)(H,14,15). The Morgan fingerprint density at radius 1 is 1.47 bits per heavy atom. The summed E-state index contributed by atoms with van der Waals surface area (Å²) in [5.41, 5.74) is -0.473. The molecule has 1 rings (SSSR count). The zero-order valence-electron chi connectivity index (χ0n) is 10.6. The lowest BCUT2D eigenvalue weighted by molar-refractivity contribution is -0.119. The average Bonchev–Trinajstić information content (AvgIpc) is 2.56. The van der Waals surface area contributed by atoms with Crippen molar-refractivity contribution in [1.29, 1.82) is 0 Å². The molecular weight excluding hydrogens is 222 g/mol. The number of rotatable bonds is 4. The molecule has 0 saturated carbocycles. The molecule has 1 saturated heterocycles. The third-order valence-corrected chi connectivity index (χ3v) is 2.20. The maximum Gasteiger partial charge on any atom is 0.407 e. The van der Waals surface area contributed by atoms with Gasteiger partial charge >= 0.3 is 6.09 Å². The second kappa shape index (κ2) is 5.86. The Hall–Kier alpha value is -1.30. The maximum absolute atomic E-state index is 11.3. The van der Waals surface area contributed by atoms with E-state index in [0.29, 0.717) is 26.1 Å². The summed E-state index contributed by atoms with van der Waals surface area (Å²) in [6.07, 6.45) is 0.0896. The van der Waals surface area contributed by atoms with E-state index >= 15 is 0 Å². The molecule has 98 valence electrons. The van der Waals surface area contributed by atoms with Crippen LogP contribution in [0.2, 0.25) is 0 Å². The second-order valence-corrected chi connectivity index (χ2v) is 5.09. The molecule has 0 bridgehead atoms. The average molecular weight is 243 g/mol. The normalized spacial score (nSPS) is 19.9.